The molecule has 2 atom stereocenters. The minimum atomic E-state index is -0.118. The van der Waals surface area contributed by atoms with E-state index in [1.165, 1.54) is 24.8 Å². The Labute approximate surface area is 209 Å². The van der Waals surface area contributed by atoms with Crippen LogP contribution in [0.2, 0.25) is 0 Å². The van der Waals surface area contributed by atoms with Crippen molar-refractivity contribution in [2.75, 3.05) is 51.3 Å². The first-order valence-corrected chi connectivity index (χ1v) is 13.6. The number of aromatic nitrogens is 1. The summed E-state index contributed by atoms with van der Waals surface area (Å²) >= 11 is 0. The predicted molar refractivity (Wildman–Crippen MR) is 136 cm³/mol. The molecule has 1 aromatic heterocycles. The van der Waals surface area contributed by atoms with Crippen molar-refractivity contribution in [3.05, 3.63) is 23.5 Å². The quantitative estimate of drug-likeness (QED) is 0.591. The van der Waals surface area contributed by atoms with Crippen molar-refractivity contribution < 1.29 is 14.3 Å². The summed E-state index contributed by atoms with van der Waals surface area (Å²) in [6.45, 7) is 8.83. The van der Waals surface area contributed by atoms with E-state index in [-0.39, 0.29) is 23.8 Å². The second kappa shape index (κ2) is 10.8. The minimum absolute atomic E-state index is 0.0193. The SMILES string of the molecule is CC(C)CN(C(=O)c1ncc(C2CC2)cc1NC1CCC1)[C@@H]1CNC[C@H](C(=O)N2CCOCC2)C1. The summed E-state index contributed by atoms with van der Waals surface area (Å²) in [5, 5.41) is 7.09. The van der Waals surface area contributed by atoms with Gasteiger partial charge < -0.3 is 25.2 Å². The number of nitrogens with zero attached hydrogens (tertiary/aromatic N) is 3. The van der Waals surface area contributed by atoms with Crippen molar-refractivity contribution in [2.45, 2.75) is 70.4 Å². The van der Waals surface area contributed by atoms with Gasteiger partial charge in [-0.3, -0.25) is 9.59 Å². The molecule has 8 nitrogen and oxygen atoms in total. The zero-order chi connectivity index (χ0) is 24.4. The average Bonchev–Trinajstić information content (AvgIpc) is 3.70. The Bertz CT molecular complexity index is 908. The fourth-order valence-corrected chi connectivity index (χ4v) is 5.49. The number of ether oxygens (including phenoxy) is 1. The smallest absolute Gasteiger partial charge is 0.274 e. The van der Waals surface area contributed by atoms with Crippen molar-refractivity contribution in [2.24, 2.45) is 11.8 Å². The minimum Gasteiger partial charge on any atom is -0.380 e. The summed E-state index contributed by atoms with van der Waals surface area (Å²) in [6.07, 6.45) is 8.56. The Hall–Kier alpha value is -2.19. The zero-order valence-corrected chi connectivity index (χ0v) is 21.3. The highest BCUT2D eigenvalue weighted by atomic mass is 16.5. The Morgan fingerprint density at radius 3 is 2.63 bits per heavy atom. The summed E-state index contributed by atoms with van der Waals surface area (Å²) < 4.78 is 5.42. The van der Waals surface area contributed by atoms with Gasteiger partial charge in [0.05, 0.1) is 24.8 Å². The number of rotatable bonds is 8. The fraction of sp³-hybridized carbons (Fsp3) is 0.741. The molecule has 1 aromatic rings. The van der Waals surface area contributed by atoms with Gasteiger partial charge in [-0.25, -0.2) is 4.98 Å². The molecule has 2 aliphatic heterocycles. The van der Waals surface area contributed by atoms with Crippen LogP contribution in [0.1, 0.15) is 74.3 Å². The summed E-state index contributed by atoms with van der Waals surface area (Å²) in [4.78, 5) is 35.9. The second-order valence-corrected chi connectivity index (χ2v) is 11.2. The molecule has 5 rings (SSSR count). The zero-order valence-electron chi connectivity index (χ0n) is 21.3. The van der Waals surface area contributed by atoms with Gasteiger partial charge in [0, 0.05) is 51.0 Å². The first-order chi connectivity index (χ1) is 17.0. The van der Waals surface area contributed by atoms with Gasteiger partial charge in [0.15, 0.2) is 5.69 Å². The maximum atomic E-state index is 14.0. The van der Waals surface area contributed by atoms with Crippen LogP contribution < -0.4 is 10.6 Å². The van der Waals surface area contributed by atoms with Crippen molar-refractivity contribution in [3.8, 4) is 0 Å². The largest absolute Gasteiger partial charge is 0.380 e. The van der Waals surface area contributed by atoms with E-state index in [0.29, 0.717) is 75.9 Å². The third-order valence-electron chi connectivity index (χ3n) is 7.89. The number of amides is 2. The van der Waals surface area contributed by atoms with E-state index in [4.69, 9.17) is 9.72 Å². The van der Waals surface area contributed by atoms with E-state index in [1.807, 2.05) is 16.0 Å². The predicted octanol–water partition coefficient (Wildman–Crippen LogP) is 2.86. The molecule has 8 heteroatoms. The number of hydrogen-bond acceptors (Lipinski definition) is 6. The highest BCUT2D eigenvalue weighted by Crippen LogP contribution is 2.41. The third kappa shape index (κ3) is 5.80. The van der Waals surface area contributed by atoms with E-state index in [0.717, 1.165) is 18.5 Å². The first-order valence-electron chi connectivity index (χ1n) is 13.6. The second-order valence-electron chi connectivity index (χ2n) is 11.2. The van der Waals surface area contributed by atoms with E-state index >= 15 is 0 Å². The monoisotopic (exact) mass is 483 g/mol. The van der Waals surface area contributed by atoms with Gasteiger partial charge in [-0.2, -0.15) is 0 Å². The molecule has 4 aliphatic rings. The Balaban J connectivity index is 1.35. The van der Waals surface area contributed by atoms with Crippen LogP contribution in [0.3, 0.4) is 0 Å². The van der Waals surface area contributed by atoms with Crippen LogP contribution in [-0.2, 0) is 9.53 Å². The molecule has 3 heterocycles. The number of hydrogen-bond donors (Lipinski definition) is 2. The van der Waals surface area contributed by atoms with Gasteiger partial charge >= 0.3 is 0 Å². The molecular formula is C27H41N5O3. The molecule has 2 amide bonds. The number of piperidine rings is 1. The summed E-state index contributed by atoms with van der Waals surface area (Å²) in [5.41, 5.74) is 2.67. The highest BCUT2D eigenvalue weighted by Gasteiger charge is 2.37. The lowest BCUT2D eigenvalue weighted by molar-refractivity contribution is -0.140. The van der Waals surface area contributed by atoms with Crippen LogP contribution in [0.4, 0.5) is 5.69 Å². The molecule has 0 unspecified atom stereocenters. The maximum Gasteiger partial charge on any atom is 0.274 e. The van der Waals surface area contributed by atoms with Gasteiger partial charge in [-0.15, -0.1) is 0 Å². The topological polar surface area (TPSA) is 86.8 Å². The number of anilines is 1. The first kappa shape index (κ1) is 24.5. The molecule has 2 N–H and O–H groups in total. The van der Waals surface area contributed by atoms with Crippen LogP contribution in [0.25, 0.3) is 0 Å². The Kier molecular flexibility index (Phi) is 7.58. The normalized spacial score (nSPS) is 25.3. The van der Waals surface area contributed by atoms with Crippen LogP contribution in [0, 0.1) is 11.8 Å². The molecule has 2 saturated carbocycles. The van der Waals surface area contributed by atoms with Gasteiger partial charge in [0.1, 0.15) is 0 Å². The molecule has 0 spiro atoms. The Morgan fingerprint density at radius 1 is 1.20 bits per heavy atom. The lowest BCUT2D eigenvalue weighted by Gasteiger charge is -2.40. The average molecular weight is 484 g/mol. The standard InChI is InChI=1S/C27H41N5O3/c1-18(2)17-32(23-12-21(14-28-16-23)26(33)31-8-10-35-11-9-31)27(34)25-24(30-22-4-3-5-22)13-20(15-29-25)19-6-7-19/h13,15,18-19,21-23,28,30H,3-12,14,16-17H2,1-2H3/t21-,23+/m1/s1. The molecule has 2 aliphatic carbocycles. The molecule has 0 radical (unpaired) electrons. The van der Waals surface area contributed by atoms with Gasteiger partial charge in [0.2, 0.25) is 5.91 Å². The van der Waals surface area contributed by atoms with Crippen molar-refractivity contribution in [1.82, 2.24) is 20.1 Å². The highest BCUT2D eigenvalue weighted by molar-refractivity contribution is 5.98. The lowest BCUT2D eigenvalue weighted by atomic mass is 9.91. The molecular weight excluding hydrogens is 442 g/mol. The van der Waals surface area contributed by atoms with Gasteiger partial charge in [-0.1, -0.05) is 13.8 Å². The van der Waals surface area contributed by atoms with E-state index < -0.39 is 0 Å². The van der Waals surface area contributed by atoms with Gasteiger partial charge in [0.25, 0.3) is 5.91 Å². The van der Waals surface area contributed by atoms with E-state index in [9.17, 15) is 9.59 Å². The van der Waals surface area contributed by atoms with Crippen molar-refractivity contribution in [1.29, 1.82) is 0 Å². The lowest BCUT2D eigenvalue weighted by Crippen LogP contribution is -2.56. The number of carbonyl (C=O) groups is 2. The number of nitrogens with one attached hydrogen (secondary N) is 2. The van der Waals surface area contributed by atoms with Crippen molar-refractivity contribution in [3.63, 3.8) is 0 Å². The van der Waals surface area contributed by atoms with Crippen molar-refractivity contribution >= 4 is 17.5 Å². The third-order valence-corrected chi connectivity index (χ3v) is 7.89. The van der Waals surface area contributed by atoms with Crippen LogP contribution in [-0.4, -0.2) is 84.6 Å². The van der Waals surface area contributed by atoms with E-state index in [2.05, 4.69) is 30.5 Å². The molecule has 192 valence electrons. The van der Waals surface area contributed by atoms with E-state index in [1.54, 1.807) is 0 Å². The number of carbonyl (C=O) groups excluding carboxylic acids is 2. The molecule has 0 bridgehead atoms. The number of pyridine rings is 1. The maximum absolute atomic E-state index is 14.0. The summed E-state index contributed by atoms with van der Waals surface area (Å²) in [6, 6.07) is 2.58. The molecule has 0 aromatic carbocycles. The summed E-state index contributed by atoms with van der Waals surface area (Å²) in [7, 11) is 0. The van der Waals surface area contributed by atoms with Crippen LogP contribution in [0.5, 0.6) is 0 Å². The number of morpholine rings is 1. The summed E-state index contributed by atoms with van der Waals surface area (Å²) in [5.74, 6) is 0.959. The van der Waals surface area contributed by atoms with Gasteiger partial charge in [-0.05, 0) is 62.0 Å². The molecule has 2 saturated heterocycles. The Morgan fingerprint density at radius 2 is 1.97 bits per heavy atom. The molecule has 4 fully saturated rings. The molecule has 35 heavy (non-hydrogen) atoms. The fourth-order valence-electron chi connectivity index (χ4n) is 5.49. The van der Waals surface area contributed by atoms with Crippen LogP contribution >= 0.6 is 0 Å². The van der Waals surface area contributed by atoms with Crippen LogP contribution in [0.15, 0.2) is 12.3 Å².